The van der Waals surface area contributed by atoms with E-state index in [4.69, 9.17) is 9.05 Å². The minimum Gasteiger partial charge on any atom is -0.393 e. The predicted molar refractivity (Wildman–Crippen MR) is 164 cm³/mol. The molecule has 5 nitrogen and oxygen atoms in total. The van der Waals surface area contributed by atoms with E-state index in [1.165, 1.54) is 31.7 Å². The lowest BCUT2D eigenvalue weighted by molar-refractivity contribution is -0.203. The molecule has 7 heteroatoms. The van der Waals surface area contributed by atoms with E-state index in [2.05, 4.69) is 27.7 Å². The highest BCUT2D eigenvalue weighted by molar-refractivity contribution is 7.53. The molecule has 1 aromatic rings. The lowest BCUT2D eigenvalue weighted by Gasteiger charge is -2.64. The molecule has 2 N–H and O–H groups in total. The van der Waals surface area contributed by atoms with E-state index in [9.17, 15) is 19.2 Å². The zero-order valence-corrected chi connectivity index (χ0v) is 27.1. The molecule has 0 aromatic heterocycles. The first-order valence-electron chi connectivity index (χ1n) is 17.0. The molecule has 6 rings (SSSR count). The van der Waals surface area contributed by atoms with E-state index in [0.29, 0.717) is 60.7 Å². The summed E-state index contributed by atoms with van der Waals surface area (Å²) in [7, 11) is -3.27. The normalized spacial score (nSPS) is 47.7. The Morgan fingerprint density at radius 1 is 1.05 bits per heavy atom. The van der Waals surface area contributed by atoms with Gasteiger partial charge in [0.2, 0.25) is 0 Å². The van der Waals surface area contributed by atoms with E-state index in [0.717, 1.165) is 32.1 Å². The maximum absolute atomic E-state index is 14.4. The van der Waals surface area contributed by atoms with Gasteiger partial charge in [-0.3, -0.25) is 4.57 Å². The number of hydrogen-bond acceptors (Lipinski definition) is 5. The molecule has 0 spiro atoms. The Labute approximate surface area is 252 Å². The first kappa shape index (κ1) is 31.2. The zero-order chi connectivity index (χ0) is 29.9. The first-order valence-corrected chi connectivity index (χ1v) is 18.7. The summed E-state index contributed by atoms with van der Waals surface area (Å²) in [6.45, 7) is 10.3. The Morgan fingerprint density at radius 3 is 2.55 bits per heavy atom. The molecule has 6 unspecified atom stereocenters. The van der Waals surface area contributed by atoms with E-state index >= 15 is 0 Å². The molecule has 1 aromatic carbocycles. The van der Waals surface area contributed by atoms with Crippen LogP contribution in [-0.4, -0.2) is 41.8 Å². The smallest absolute Gasteiger partial charge is 0.331 e. The van der Waals surface area contributed by atoms with Crippen LogP contribution in [0.3, 0.4) is 0 Å². The van der Waals surface area contributed by atoms with Crippen LogP contribution in [0.2, 0.25) is 0 Å². The minimum absolute atomic E-state index is 0.143. The van der Waals surface area contributed by atoms with Gasteiger partial charge in [0.25, 0.3) is 0 Å². The topological polar surface area (TPSA) is 76.0 Å². The third kappa shape index (κ3) is 5.27. The molecule has 0 bridgehead atoms. The number of benzene rings is 1. The Bertz CT molecular complexity index is 1160. The highest BCUT2D eigenvalue weighted by Crippen LogP contribution is 2.69. The second-order valence-corrected chi connectivity index (χ2v) is 17.5. The molecule has 42 heavy (non-hydrogen) atoms. The van der Waals surface area contributed by atoms with Gasteiger partial charge in [0.05, 0.1) is 31.6 Å². The lowest BCUT2D eigenvalue weighted by atomic mass is 9.41. The fourth-order valence-electron chi connectivity index (χ4n) is 11.4. The van der Waals surface area contributed by atoms with Crippen molar-refractivity contribution in [2.24, 2.45) is 52.3 Å². The van der Waals surface area contributed by atoms with Crippen molar-refractivity contribution in [1.29, 1.82) is 0 Å². The van der Waals surface area contributed by atoms with Gasteiger partial charge in [0.1, 0.15) is 5.82 Å². The van der Waals surface area contributed by atoms with Gasteiger partial charge >= 0.3 is 7.60 Å². The van der Waals surface area contributed by atoms with Crippen LogP contribution in [0.1, 0.15) is 103 Å². The molecule has 5 fully saturated rings. The fourth-order valence-corrected chi connectivity index (χ4v) is 13.4. The predicted octanol–water partition coefficient (Wildman–Crippen LogP) is 8.19. The molecule has 1 saturated heterocycles. The van der Waals surface area contributed by atoms with Crippen molar-refractivity contribution in [3.8, 4) is 0 Å². The van der Waals surface area contributed by atoms with Crippen molar-refractivity contribution in [1.82, 2.24) is 0 Å². The highest BCUT2D eigenvalue weighted by atomic mass is 31.2. The molecular formula is C35H54FO5P. The number of aliphatic hydroxyl groups excluding tert-OH is 2. The Hall–Kier alpha value is -0.780. The molecular weight excluding hydrogens is 550 g/mol. The maximum Gasteiger partial charge on any atom is 0.331 e. The minimum atomic E-state index is -3.27. The van der Waals surface area contributed by atoms with Crippen LogP contribution in [-0.2, 0) is 13.6 Å². The summed E-state index contributed by atoms with van der Waals surface area (Å²) in [5.74, 6) is 2.70. The van der Waals surface area contributed by atoms with Crippen molar-refractivity contribution in [3.05, 3.63) is 35.6 Å². The van der Waals surface area contributed by atoms with Crippen molar-refractivity contribution >= 4 is 7.60 Å². The zero-order valence-electron chi connectivity index (χ0n) is 26.2. The SMILES string of the molecule is CC[C@H]1C(O)C2C(CC[C@@]3(C)C2CC[C@@H]3[C@H](C)CCOP2(=O)C[C@H](c3ccccc3F)CCO2)[C@@]2(C)CC[C@@H](O)CC12. The number of rotatable bonds is 7. The number of aliphatic hydroxyl groups is 2. The van der Waals surface area contributed by atoms with Gasteiger partial charge in [-0.2, -0.15) is 0 Å². The van der Waals surface area contributed by atoms with Gasteiger partial charge in [-0.25, -0.2) is 4.39 Å². The quantitative estimate of drug-likeness (QED) is 0.307. The third-order valence-electron chi connectivity index (χ3n) is 13.6. The van der Waals surface area contributed by atoms with Crippen LogP contribution in [0.25, 0.3) is 0 Å². The van der Waals surface area contributed by atoms with E-state index in [1.807, 2.05) is 6.07 Å². The van der Waals surface area contributed by atoms with Crippen LogP contribution in [0, 0.1) is 58.1 Å². The summed E-state index contributed by atoms with van der Waals surface area (Å²) in [5, 5.41) is 22.5. The summed E-state index contributed by atoms with van der Waals surface area (Å²) in [6.07, 6.45) is 9.79. The van der Waals surface area contributed by atoms with Gasteiger partial charge in [-0.05, 0) is 122 Å². The van der Waals surface area contributed by atoms with Gasteiger partial charge < -0.3 is 19.3 Å². The van der Waals surface area contributed by atoms with Gasteiger partial charge in [0, 0.05) is 5.92 Å². The molecule has 5 aliphatic rings. The molecule has 4 aliphatic carbocycles. The van der Waals surface area contributed by atoms with Crippen LogP contribution >= 0.6 is 7.60 Å². The molecule has 4 saturated carbocycles. The molecule has 0 amide bonds. The largest absolute Gasteiger partial charge is 0.393 e. The standard InChI is InChI=1S/C35H54FO5P/c1-5-25-30-20-24(37)12-16-35(30,4)29-13-17-34(3)27(10-11-28(34)32(29)33(25)38)22(2)14-18-40-42(39)21-23(15-19-41-42)26-8-6-7-9-31(26)36/h6-9,22-25,27-30,32-33,37-38H,5,10-21H2,1-4H3/t22-,23-,24-,25-,27-,28?,29?,30?,32?,33?,34-,35-,42?/m1/s1. The van der Waals surface area contributed by atoms with Gasteiger partial charge in [0.15, 0.2) is 0 Å². The Kier molecular flexibility index (Phi) is 8.82. The Morgan fingerprint density at radius 2 is 1.79 bits per heavy atom. The Balaban J connectivity index is 1.11. The van der Waals surface area contributed by atoms with E-state index < -0.39 is 7.60 Å². The average molecular weight is 605 g/mol. The second-order valence-electron chi connectivity index (χ2n) is 15.4. The van der Waals surface area contributed by atoms with Crippen molar-refractivity contribution in [2.45, 2.75) is 110 Å². The van der Waals surface area contributed by atoms with Crippen molar-refractivity contribution in [2.75, 3.05) is 19.4 Å². The van der Waals surface area contributed by atoms with Crippen LogP contribution in [0.15, 0.2) is 24.3 Å². The van der Waals surface area contributed by atoms with Crippen LogP contribution in [0.5, 0.6) is 0 Å². The molecule has 1 heterocycles. The fraction of sp³-hybridized carbons (Fsp3) is 0.829. The van der Waals surface area contributed by atoms with E-state index in [1.54, 1.807) is 12.1 Å². The summed E-state index contributed by atoms with van der Waals surface area (Å²) in [5.41, 5.74) is 1.02. The number of hydrogen-bond donors (Lipinski definition) is 2. The van der Waals surface area contributed by atoms with Gasteiger partial charge in [-0.1, -0.05) is 52.3 Å². The van der Waals surface area contributed by atoms with Crippen LogP contribution in [0.4, 0.5) is 4.39 Å². The lowest BCUT2D eigenvalue weighted by Crippen LogP contribution is -2.62. The monoisotopic (exact) mass is 604 g/mol. The molecule has 1 aliphatic heterocycles. The molecule has 236 valence electrons. The number of fused-ring (bicyclic) bond motifs is 5. The number of halogens is 1. The van der Waals surface area contributed by atoms with Crippen LogP contribution < -0.4 is 0 Å². The summed E-state index contributed by atoms with van der Waals surface area (Å²) >= 11 is 0. The average Bonchev–Trinajstić information content (AvgIpc) is 3.31. The van der Waals surface area contributed by atoms with Gasteiger partial charge in [-0.15, -0.1) is 0 Å². The van der Waals surface area contributed by atoms with E-state index in [-0.39, 0.29) is 46.9 Å². The maximum atomic E-state index is 14.4. The summed E-state index contributed by atoms with van der Waals surface area (Å²) < 4.78 is 39.7. The summed E-state index contributed by atoms with van der Waals surface area (Å²) in [6, 6.07) is 6.77. The van der Waals surface area contributed by atoms with Crippen molar-refractivity contribution in [3.63, 3.8) is 0 Å². The molecule has 0 radical (unpaired) electrons. The highest BCUT2D eigenvalue weighted by Gasteiger charge is 2.64. The first-order chi connectivity index (χ1) is 20.0. The second kappa shape index (κ2) is 11.9. The summed E-state index contributed by atoms with van der Waals surface area (Å²) in [4.78, 5) is 0. The third-order valence-corrected chi connectivity index (χ3v) is 15.6. The molecule has 13 atom stereocenters. The van der Waals surface area contributed by atoms with Crippen molar-refractivity contribution < 1.29 is 28.2 Å².